The number of rotatable bonds is 7. The molecule has 0 aromatic heterocycles. The summed E-state index contributed by atoms with van der Waals surface area (Å²) in [6.45, 7) is 2.45. The minimum atomic E-state index is -0.320. The van der Waals surface area contributed by atoms with Crippen molar-refractivity contribution in [2.24, 2.45) is 0 Å². The lowest BCUT2D eigenvalue weighted by atomic mass is 10.2. The highest BCUT2D eigenvalue weighted by Crippen LogP contribution is 2.00. The molecule has 0 saturated heterocycles. The Kier molecular flexibility index (Phi) is 7.79. The van der Waals surface area contributed by atoms with Crippen LogP contribution in [-0.4, -0.2) is 12.6 Å². The van der Waals surface area contributed by atoms with E-state index in [2.05, 4.69) is 6.92 Å². The Morgan fingerprint density at radius 3 is 2.68 bits per heavy atom. The number of hydrogen-bond acceptors (Lipinski definition) is 2. The van der Waals surface area contributed by atoms with Crippen LogP contribution in [0.3, 0.4) is 0 Å². The van der Waals surface area contributed by atoms with Crippen molar-refractivity contribution >= 4 is 12.0 Å². The Labute approximate surface area is 115 Å². The maximum atomic E-state index is 11.3. The normalized spacial score (nSPS) is 11.6. The Morgan fingerprint density at radius 2 is 1.95 bits per heavy atom. The highest BCUT2D eigenvalue weighted by Gasteiger charge is 1.91. The van der Waals surface area contributed by atoms with Crippen molar-refractivity contribution in [2.45, 2.75) is 19.8 Å². The van der Waals surface area contributed by atoms with Gasteiger partial charge in [0.2, 0.25) is 0 Å². The van der Waals surface area contributed by atoms with E-state index in [1.54, 1.807) is 6.08 Å². The van der Waals surface area contributed by atoms with Crippen molar-refractivity contribution in [3.8, 4) is 0 Å². The second-order valence-electron chi connectivity index (χ2n) is 4.02. The summed E-state index contributed by atoms with van der Waals surface area (Å²) in [5.41, 5.74) is 1.10. The van der Waals surface area contributed by atoms with E-state index in [0.29, 0.717) is 6.61 Å². The van der Waals surface area contributed by atoms with Gasteiger partial charge in [-0.05, 0) is 12.0 Å². The maximum absolute atomic E-state index is 11.3. The van der Waals surface area contributed by atoms with Crippen LogP contribution >= 0.6 is 0 Å². The Bertz CT molecular complexity index is 442. The molecule has 1 rings (SSSR count). The van der Waals surface area contributed by atoms with Gasteiger partial charge in [-0.3, -0.25) is 0 Å². The molecule has 2 nitrogen and oxygen atoms in total. The lowest BCUT2D eigenvalue weighted by Gasteiger charge is -1.95. The quantitative estimate of drug-likeness (QED) is 0.317. The van der Waals surface area contributed by atoms with E-state index in [1.807, 2.05) is 54.6 Å². The third-order valence-corrected chi connectivity index (χ3v) is 2.38. The van der Waals surface area contributed by atoms with Gasteiger partial charge in [-0.1, -0.05) is 74.1 Å². The molecule has 0 radical (unpaired) electrons. The molecule has 0 spiro atoms. The van der Waals surface area contributed by atoms with E-state index in [1.165, 1.54) is 6.08 Å². The van der Waals surface area contributed by atoms with Gasteiger partial charge in [0.15, 0.2) is 0 Å². The van der Waals surface area contributed by atoms with E-state index >= 15 is 0 Å². The van der Waals surface area contributed by atoms with Crippen molar-refractivity contribution in [2.75, 3.05) is 6.61 Å². The molecule has 100 valence electrons. The van der Waals surface area contributed by atoms with Crippen LogP contribution in [0.25, 0.3) is 6.08 Å². The summed E-state index contributed by atoms with van der Waals surface area (Å²) in [6, 6.07) is 9.92. The van der Waals surface area contributed by atoms with E-state index in [4.69, 9.17) is 4.74 Å². The molecule has 1 aromatic rings. The average Bonchev–Trinajstić information content (AvgIpc) is 2.44. The van der Waals surface area contributed by atoms with Gasteiger partial charge in [0, 0.05) is 6.08 Å². The van der Waals surface area contributed by atoms with E-state index in [0.717, 1.165) is 18.4 Å². The summed E-state index contributed by atoms with van der Waals surface area (Å²) in [4.78, 5) is 11.3. The van der Waals surface area contributed by atoms with Gasteiger partial charge < -0.3 is 4.74 Å². The monoisotopic (exact) mass is 256 g/mol. The van der Waals surface area contributed by atoms with Crippen LogP contribution in [0.4, 0.5) is 0 Å². The van der Waals surface area contributed by atoms with Crippen molar-refractivity contribution < 1.29 is 9.53 Å². The predicted octanol–water partition coefficient (Wildman–Crippen LogP) is 4.16. The first-order valence-electron chi connectivity index (χ1n) is 6.54. The summed E-state index contributed by atoms with van der Waals surface area (Å²) < 4.78 is 4.99. The highest BCUT2D eigenvalue weighted by molar-refractivity contribution is 5.82. The Hall–Kier alpha value is -2.09. The predicted molar refractivity (Wildman–Crippen MR) is 79.6 cm³/mol. The van der Waals surface area contributed by atoms with Gasteiger partial charge in [-0.2, -0.15) is 0 Å². The number of allylic oxidation sites excluding steroid dienone is 3. The second kappa shape index (κ2) is 9.89. The fraction of sp³-hybridized carbons (Fsp3) is 0.235. The van der Waals surface area contributed by atoms with Gasteiger partial charge in [-0.15, -0.1) is 0 Å². The standard InChI is InChI=1S/C17H20O2/c1-2-3-4-10-15-19-17(18)14-9-8-13-16-11-6-5-7-12-16/h4-14H,2-3,15H2,1H3/b10-4+,13-8+,14-9+. The number of ether oxygens (including phenoxy) is 1. The molecule has 1 aromatic carbocycles. The van der Waals surface area contributed by atoms with Gasteiger partial charge in [-0.25, -0.2) is 4.79 Å². The SMILES string of the molecule is CCC/C=C/COC(=O)/C=C/C=C/c1ccccc1. The summed E-state index contributed by atoms with van der Waals surface area (Å²) in [6.07, 6.45) is 12.9. The average molecular weight is 256 g/mol. The molecular weight excluding hydrogens is 236 g/mol. The van der Waals surface area contributed by atoms with Gasteiger partial charge in [0.1, 0.15) is 6.61 Å². The number of carbonyl (C=O) groups is 1. The van der Waals surface area contributed by atoms with Crippen LogP contribution in [0.5, 0.6) is 0 Å². The van der Waals surface area contributed by atoms with E-state index < -0.39 is 0 Å². The summed E-state index contributed by atoms with van der Waals surface area (Å²) in [5, 5.41) is 0. The topological polar surface area (TPSA) is 26.3 Å². The Balaban J connectivity index is 2.25. The van der Waals surface area contributed by atoms with Crippen molar-refractivity contribution in [3.63, 3.8) is 0 Å². The third-order valence-electron chi connectivity index (χ3n) is 2.38. The molecule has 0 aliphatic heterocycles. The van der Waals surface area contributed by atoms with Crippen LogP contribution in [-0.2, 0) is 9.53 Å². The molecule has 0 N–H and O–H groups in total. The fourth-order valence-corrected chi connectivity index (χ4v) is 1.40. The molecule has 19 heavy (non-hydrogen) atoms. The molecule has 2 heteroatoms. The molecular formula is C17H20O2. The maximum Gasteiger partial charge on any atom is 0.331 e. The van der Waals surface area contributed by atoms with Gasteiger partial charge >= 0.3 is 5.97 Å². The number of hydrogen-bond donors (Lipinski definition) is 0. The van der Waals surface area contributed by atoms with E-state index in [-0.39, 0.29) is 5.97 Å². The van der Waals surface area contributed by atoms with Gasteiger partial charge in [0.25, 0.3) is 0 Å². The molecule has 0 unspecified atom stereocenters. The molecule has 0 bridgehead atoms. The zero-order valence-corrected chi connectivity index (χ0v) is 11.3. The van der Waals surface area contributed by atoms with E-state index in [9.17, 15) is 4.79 Å². The summed E-state index contributed by atoms with van der Waals surface area (Å²) >= 11 is 0. The minimum absolute atomic E-state index is 0.320. The van der Waals surface area contributed by atoms with Gasteiger partial charge in [0.05, 0.1) is 0 Å². The molecule has 0 saturated carbocycles. The first-order valence-corrected chi connectivity index (χ1v) is 6.54. The zero-order valence-electron chi connectivity index (χ0n) is 11.3. The fourth-order valence-electron chi connectivity index (χ4n) is 1.40. The third kappa shape index (κ3) is 7.77. The van der Waals surface area contributed by atoms with Crippen LogP contribution in [0.15, 0.2) is 60.7 Å². The van der Waals surface area contributed by atoms with Crippen molar-refractivity contribution in [1.82, 2.24) is 0 Å². The highest BCUT2D eigenvalue weighted by atomic mass is 16.5. The summed E-state index contributed by atoms with van der Waals surface area (Å²) in [5.74, 6) is -0.320. The molecule has 0 amide bonds. The largest absolute Gasteiger partial charge is 0.458 e. The van der Waals surface area contributed by atoms with Crippen LogP contribution < -0.4 is 0 Å². The smallest absolute Gasteiger partial charge is 0.331 e. The molecule has 0 heterocycles. The van der Waals surface area contributed by atoms with Crippen molar-refractivity contribution in [1.29, 1.82) is 0 Å². The van der Waals surface area contributed by atoms with Crippen LogP contribution in [0, 0.1) is 0 Å². The molecule has 0 aliphatic carbocycles. The molecule has 0 fully saturated rings. The number of benzene rings is 1. The lowest BCUT2D eigenvalue weighted by molar-refractivity contribution is -0.136. The zero-order chi connectivity index (χ0) is 13.8. The minimum Gasteiger partial charge on any atom is -0.458 e. The summed E-state index contributed by atoms with van der Waals surface area (Å²) in [7, 11) is 0. The Morgan fingerprint density at radius 1 is 1.16 bits per heavy atom. The number of unbranched alkanes of at least 4 members (excludes halogenated alkanes) is 1. The van der Waals surface area contributed by atoms with Crippen LogP contribution in [0.2, 0.25) is 0 Å². The van der Waals surface area contributed by atoms with Crippen molar-refractivity contribution in [3.05, 3.63) is 66.3 Å². The first kappa shape index (κ1) is 15.0. The second-order valence-corrected chi connectivity index (χ2v) is 4.02. The van der Waals surface area contributed by atoms with Crippen LogP contribution in [0.1, 0.15) is 25.3 Å². The number of esters is 1. The molecule has 0 aliphatic rings. The number of carbonyl (C=O) groups excluding carboxylic acids is 1. The lowest BCUT2D eigenvalue weighted by Crippen LogP contribution is -1.99. The first-order chi connectivity index (χ1) is 9.33. The molecule has 0 atom stereocenters.